The highest BCUT2D eigenvalue weighted by atomic mass is 127. The van der Waals surface area contributed by atoms with E-state index in [1.165, 1.54) is 0 Å². The van der Waals surface area contributed by atoms with Crippen LogP contribution in [0.4, 0.5) is 10.7 Å². The van der Waals surface area contributed by atoms with E-state index in [4.69, 9.17) is 10.5 Å². The standard InChI is InChI=1S/C18H21IN4O4S/c1-9-13(17(23-19)28-14(9)18(25)26)15(20)22-12-3-2-8-21-16(12)27-11-6-4-10(24)5-7-11/h2-3,8,10-11,23-24H,4-7H2,1H3,(H2,20,22)(H,25,26). The molecule has 0 saturated heterocycles. The van der Waals surface area contributed by atoms with Gasteiger partial charge < -0.3 is 24.2 Å². The summed E-state index contributed by atoms with van der Waals surface area (Å²) in [6.45, 7) is 1.71. The van der Waals surface area contributed by atoms with Crippen LogP contribution in [0.15, 0.2) is 23.3 Å². The third-order valence-electron chi connectivity index (χ3n) is 4.60. The molecule has 1 aliphatic carbocycles. The van der Waals surface area contributed by atoms with E-state index in [2.05, 4.69) is 13.5 Å². The maximum absolute atomic E-state index is 11.4. The van der Waals surface area contributed by atoms with Crippen LogP contribution in [0.3, 0.4) is 0 Å². The number of hydrogen-bond acceptors (Lipinski definition) is 7. The first kappa shape index (κ1) is 20.8. The van der Waals surface area contributed by atoms with E-state index in [-0.39, 0.29) is 22.9 Å². The molecule has 0 amide bonds. The SMILES string of the molecule is Cc1c(C(=O)O)sc(NI)c1C(N)=Nc1cccnc1OC1CCC(O)CC1. The number of carboxylic acids is 1. The van der Waals surface area contributed by atoms with Gasteiger partial charge in [-0.25, -0.2) is 14.8 Å². The first-order chi connectivity index (χ1) is 13.4. The molecule has 5 N–H and O–H groups in total. The number of aliphatic hydroxyl groups excluding tert-OH is 1. The lowest BCUT2D eigenvalue weighted by molar-refractivity contribution is 0.0647. The lowest BCUT2D eigenvalue weighted by Crippen LogP contribution is -2.26. The summed E-state index contributed by atoms with van der Waals surface area (Å²) >= 11 is 3.06. The molecule has 0 atom stereocenters. The summed E-state index contributed by atoms with van der Waals surface area (Å²) in [7, 11) is 0. The summed E-state index contributed by atoms with van der Waals surface area (Å²) in [6, 6.07) is 3.49. The Morgan fingerprint density at radius 2 is 2.14 bits per heavy atom. The molecule has 0 unspecified atom stereocenters. The first-order valence-electron chi connectivity index (χ1n) is 8.78. The number of carboxylic acid groups (broad SMARTS) is 1. The van der Waals surface area contributed by atoms with Crippen LogP contribution >= 0.6 is 34.2 Å². The Bertz CT molecular complexity index is 894. The zero-order chi connectivity index (χ0) is 20.3. The minimum atomic E-state index is -1.00. The highest BCUT2D eigenvalue weighted by molar-refractivity contribution is 14.1. The molecule has 0 spiro atoms. The Morgan fingerprint density at radius 3 is 2.79 bits per heavy atom. The molecular weight excluding hydrogens is 495 g/mol. The van der Waals surface area contributed by atoms with Crippen molar-refractivity contribution in [1.29, 1.82) is 0 Å². The largest absolute Gasteiger partial charge is 0.477 e. The van der Waals surface area contributed by atoms with Crippen molar-refractivity contribution in [3.63, 3.8) is 0 Å². The van der Waals surface area contributed by atoms with Crippen LogP contribution in [-0.2, 0) is 0 Å². The van der Waals surface area contributed by atoms with Crippen LogP contribution in [0.5, 0.6) is 5.88 Å². The second-order valence-electron chi connectivity index (χ2n) is 6.53. The number of rotatable bonds is 6. The third kappa shape index (κ3) is 4.55. The number of nitrogens with one attached hydrogen (secondary N) is 1. The van der Waals surface area contributed by atoms with Crippen molar-refractivity contribution in [2.75, 3.05) is 3.53 Å². The quantitative estimate of drug-likeness (QED) is 0.200. The maximum atomic E-state index is 11.4. The zero-order valence-corrected chi connectivity index (χ0v) is 18.2. The van der Waals surface area contributed by atoms with Gasteiger partial charge in [-0.3, -0.25) is 0 Å². The Morgan fingerprint density at radius 1 is 1.43 bits per heavy atom. The predicted molar refractivity (Wildman–Crippen MR) is 117 cm³/mol. The van der Waals surface area contributed by atoms with Crippen LogP contribution in [0.2, 0.25) is 0 Å². The summed E-state index contributed by atoms with van der Waals surface area (Å²) < 4.78 is 8.96. The summed E-state index contributed by atoms with van der Waals surface area (Å²) in [6.07, 6.45) is 4.25. The fourth-order valence-electron chi connectivity index (χ4n) is 3.16. The lowest BCUT2D eigenvalue weighted by atomic mass is 9.95. The lowest BCUT2D eigenvalue weighted by Gasteiger charge is -2.26. The molecule has 1 fully saturated rings. The van der Waals surface area contributed by atoms with Crippen LogP contribution in [0, 0.1) is 6.92 Å². The smallest absolute Gasteiger partial charge is 0.346 e. The summed E-state index contributed by atoms with van der Waals surface area (Å²) in [5, 5.41) is 19.6. The number of thiophene rings is 1. The van der Waals surface area contributed by atoms with Crippen molar-refractivity contribution in [3.8, 4) is 5.88 Å². The molecule has 10 heteroatoms. The van der Waals surface area contributed by atoms with Gasteiger partial charge in [-0.2, -0.15) is 0 Å². The van der Waals surface area contributed by atoms with E-state index in [0.29, 0.717) is 40.5 Å². The number of anilines is 1. The van der Waals surface area contributed by atoms with E-state index >= 15 is 0 Å². The average Bonchev–Trinajstić information content (AvgIpc) is 3.02. The molecule has 0 bridgehead atoms. The van der Waals surface area contributed by atoms with Crippen molar-refractivity contribution in [2.24, 2.45) is 10.7 Å². The molecule has 2 aromatic rings. The van der Waals surface area contributed by atoms with Gasteiger partial charge >= 0.3 is 5.97 Å². The van der Waals surface area contributed by atoms with Crippen molar-refractivity contribution in [1.82, 2.24) is 4.98 Å². The summed E-state index contributed by atoms with van der Waals surface area (Å²) in [4.78, 5) is 20.4. The van der Waals surface area contributed by atoms with Gasteiger partial charge in [0.05, 0.1) is 34.5 Å². The van der Waals surface area contributed by atoms with Gasteiger partial charge in [0.25, 0.3) is 0 Å². The average molecular weight is 516 g/mol. The number of nitrogens with zero attached hydrogens (tertiary/aromatic N) is 2. The number of carbonyl (C=O) groups is 1. The number of nitrogens with two attached hydrogens (primary N) is 1. The van der Waals surface area contributed by atoms with Gasteiger partial charge in [-0.05, 0) is 50.3 Å². The fraction of sp³-hybridized carbons (Fsp3) is 0.389. The first-order valence-corrected chi connectivity index (χ1v) is 10.7. The van der Waals surface area contributed by atoms with Crippen molar-refractivity contribution < 1.29 is 19.7 Å². The monoisotopic (exact) mass is 516 g/mol. The number of aliphatic hydroxyl groups is 1. The molecule has 1 aliphatic rings. The van der Waals surface area contributed by atoms with E-state index in [1.807, 2.05) is 22.9 Å². The molecule has 2 heterocycles. The normalized spacial score (nSPS) is 20.0. The molecule has 0 radical (unpaired) electrons. The molecule has 0 aliphatic heterocycles. The molecule has 0 aromatic carbocycles. The Labute approximate surface area is 180 Å². The number of hydrogen-bond donors (Lipinski definition) is 4. The highest BCUT2D eigenvalue weighted by Gasteiger charge is 2.24. The molecule has 1 saturated carbocycles. The Hall–Kier alpha value is -1.92. The number of ether oxygens (including phenoxy) is 1. The van der Waals surface area contributed by atoms with Crippen molar-refractivity contribution >= 4 is 56.7 Å². The number of amidine groups is 1. The van der Waals surface area contributed by atoms with Crippen LogP contribution in [0.25, 0.3) is 0 Å². The van der Waals surface area contributed by atoms with Gasteiger partial charge in [0.1, 0.15) is 27.5 Å². The number of aromatic nitrogens is 1. The van der Waals surface area contributed by atoms with Gasteiger partial charge in [-0.1, -0.05) is 0 Å². The minimum absolute atomic E-state index is 0.0263. The molecule has 2 aromatic heterocycles. The fourth-order valence-corrected chi connectivity index (χ4v) is 4.70. The van der Waals surface area contributed by atoms with Gasteiger partial charge in [-0.15, -0.1) is 11.3 Å². The second kappa shape index (κ2) is 9.05. The van der Waals surface area contributed by atoms with E-state index in [0.717, 1.165) is 24.2 Å². The molecule has 3 rings (SSSR count). The summed E-state index contributed by atoms with van der Waals surface area (Å²) in [5.41, 5.74) is 7.84. The number of pyridine rings is 1. The van der Waals surface area contributed by atoms with Gasteiger partial charge in [0.2, 0.25) is 5.88 Å². The van der Waals surface area contributed by atoms with E-state index in [1.54, 1.807) is 25.3 Å². The van der Waals surface area contributed by atoms with Gasteiger partial charge in [0.15, 0.2) is 0 Å². The van der Waals surface area contributed by atoms with Crippen molar-refractivity contribution in [3.05, 3.63) is 34.3 Å². The predicted octanol–water partition coefficient (Wildman–Crippen LogP) is 3.63. The number of aliphatic imine (C=N–C) groups is 1. The zero-order valence-electron chi connectivity index (χ0n) is 15.2. The number of aromatic carboxylic acids is 1. The van der Waals surface area contributed by atoms with E-state index < -0.39 is 5.97 Å². The molecule has 150 valence electrons. The van der Waals surface area contributed by atoms with Crippen LogP contribution < -0.4 is 14.0 Å². The second-order valence-corrected chi connectivity index (χ2v) is 8.09. The Balaban J connectivity index is 1.91. The summed E-state index contributed by atoms with van der Waals surface area (Å²) in [5.74, 6) is -0.432. The Kier molecular flexibility index (Phi) is 6.73. The third-order valence-corrected chi connectivity index (χ3v) is 6.70. The maximum Gasteiger partial charge on any atom is 0.346 e. The van der Waals surface area contributed by atoms with E-state index in [9.17, 15) is 15.0 Å². The minimum Gasteiger partial charge on any atom is -0.477 e. The molecular formula is C18H21IN4O4S. The molecule has 8 nitrogen and oxygen atoms in total. The van der Waals surface area contributed by atoms with Crippen molar-refractivity contribution in [2.45, 2.75) is 44.8 Å². The van der Waals surface area contributed by atoms with Gasteiger partial charge in [0, 0.05) is 6.20 Å². The number of halogens is 1. The topological polar surface area (TPSA) is 130 Å². The van der Waals surface area contributed by atoms with Crippen LogP contribution in [0.1, 0.15) is 46.5 Å². The van der Waals surface area contributed by atoms with Crippen LogP contribution in [-0.4, -0.2) is 39.2 Å². The highest BCUT2D eigenvalue weighted by Crippen LogP contribution is 2.35. The molecule has 28 heavy (non-hydrogen) atoms.